The van der Waals surface area contributed by atoms with Gasteiger partial charge in [0.1, 0.15) is 5.82 Å². The minimum absolute atomic E-state index is 0.0797. The molecule has 1 fully saturated rings. The van der Waals surface area contributed by atoms with E-state index in [9.17, 15) is 9.50 Å². The Kier molecular flexibility index (Phi) is 3.31. The van der Waals surface area contributed by atoms with E-state index in [1.807, 2.05) is 13.0 Å². The summed E-state index contributed by atoms with van der Waals surface area (Å²) in [7, 11) is 0. The second-order valence-corrected chi connectivity index (χ2v) is 5.48. The molecule has 2 heterocycles. The van der Waals surface area contributed by atoms with Crippen molar-refractivity contribution in [3.05, 3.63) is 35.8 Å². The van der Waals surface area contributed by atoms with Crippen molar-refractivity contribution in [3.63, 3.8) is 0 Å². The van der Waals surface area contributed by atoms with Crippen molar-refractivity contribution in [2.24, 2.45) is 5.41 Å². The normalized spacial score (nSPS) is 16.9. The van der Waals surface area contributed by atoms with E-state index in [4.69, 9.17) is 4.74 Å². The number of aryl methyl sites for hydroxylation is 1. The second kappa shape index (κ2) is 5.00. The van der Waals surface area contributed by atoms with Gasteiger partial charge < -0.3 is 15.2 Å². The minimum atomic E-state index is -0.282. The maximum Gasteiger partial charge on any atom is 0.124 e. The summed E-state index contributed by atoms with van der Waals surface area (Å²) < 4.78 is 18.6. The Morgan fingerprint density at radius 3 is 2.85 bits per heavy atom. The van der Waals surface area contributed by atoms with Gasteiger partial charge in [-0.3, -0.25) is 4.98 Å². The van der Waals surface area contributed by atoms with Crippen LogP contribution < -0.4 is 5.32 Å². The molecule has 2 aromatic rings. The van der Waals surface area contributed by atoms with Crippen LogP contribution in [0.1, 0.15) is 5.69 Å². The summed E-state index contributed by atoms with van der Waals surface area (Å²) in [6.45, 7) is 3.68. The quantitative estimate of drug-likeness (QED) is 0.898. The number of fused-ring (bicyclic) bond motifs is 1. The number of halogens is 1. The molecular weight excluding hydrogens is 259 g/mol. The SMILES string of the molecule is Cc1cc(NCC2(CO)COC2)c2cc(F)ccc2n1. The van der Waals surface area contributed by atoms with E-state index in [1.165, 1.54) is 12.1 Å². The van der Waals surface area contributed by atoms with Crippen LogP contribution in [-0.4, -0.2) is 36.5 Å². The predicted molar refractivity (Wildman–Crippen MR) is 75.3 cm³/mol. The molecular formula is C15H17FN2O2. The van der Waals surface area contributed by atoms with Crippen LogP contribution in [0.3, 0.4) is 0 Å². The number of hydrogen-bond donors (Lipinski definition) is 2. The van der Waals surface area contributed by atoms with Gasteiger partial charge in [0.2, 0.25) is 0 Å². The molecule has 5 heteroatoms. The van der Waals surface area contributed by atoms with Crippen molar-refractivity contribution < 1.29 is 14.2 Å². The molecule has 0 radical (unpaired) electrons. The van der Waals surface area contributed by atoms with Crippen LogP contribution in [0.4, 0.5) is 10.1 Å². The van der Waals surface area contributed by atoms with Crippen LogP contribution in [0.25, 0.3) is 10.9 Å². The molecule has 106 valence electrons. The smallest absolute Gasteiger partial charge is 0.124 e. The molecule has 3 rings (SSSR count). The number of aliphatic hydroxyl groups is 1. The van der Waals surface area contributed by atoms with Gasteiger partial charge in [0.25, 0.3) is 0 Å². The molecule has 1 aliphatic rings. The topological polar surface area (TPSA) is 54.4 Å². The molecule has 20 heavy (non-hydrogen) atoms. The van der Waals surface area contributed by atoms with E-state index in [0.717, 1.165) is 22.3 Å². The highest BCUT2D eigenvalue weighted by atomic mass is 19.1. The van der Waals surface area contributed by atoms with E-state index < -0.39 is 0 Å². The van der Waals surface area contributed by atoms with Crippen LogP contribution in [0.2, 0.25) is 0 Å². The van der Waals surface area contributed by atoms with Gasteiger partial charge in [0.15, 0.2) is 0 Å². The molecule has 0 unspecified atom stereocenters. The van der Waals surface area contributed by atoms with Gasteiger partial charge in [0, 0.05) is 23.3 Å². The molecule has 1 aliphatic heterocycles. The fourth-order valence-corrected chi connectivity index (χ4v) is 2.40. The summed E-state index contributed by atoms with van der Waals surface area (Å²) in [5.74, 6) is -0.282. The zero-order chi connectivity index (χ0) is 14.2. The third-order valence-electron chi connectivity index (χ3n) is 3.70. The monoisotopic (exact) mass is 276 g/mol. The van der Waals surface area contributed by atoms with E-state index >= 15 is 0 Å². The van der Waals surface area contributed by atoms with Crippen LogP contribution in [0, 0.1) is 18.2 Å². The lowest BCUT2D eigenvalue weighted by atomic mass is 9.87. The van der Waals surface area contributed by atoms with Crippen molar-refractivity contribution in [1.82, 2.24) is 4.98 Å². The standard InChI is InChI=1S/C15H17FN2O2/c1-10-4-14(17-6-15(7-19)8-20-9-15)12-5-11(16)2-3-13(12)18-10/h2-5,19H,6-9H2,1H3,(H,17,18). The number of hydrogen-bond acceptors (Lipinski definition) is 4. The zero-order valence-corrected chi connectivity index (χ0v) is 11.3. The van der Waals surface area contributed by atoms with Crippen molar-refractivity contribution in [1.29, 1.82) is 0 Å². The van der Waals surface area contributed by atoms with Gasteiger partial charge in [-0.15, -0.1) is 0 Å². The van der Waals surface area contributed by atoms with Crippen molar-refractivity contribution in [3.8, 4) is 0 Å². The number of aromatic nitrogens is 1. The minimum Gasteiger partial charge on any atom is -0.396 e. The Hall–Kier alpha value is -1.72. The summed E-state index contributed by atoms with van der Waals surface area (Å²) >= 11 is 0. The summed E-state index contributed by atoms with van der Waals surface area (Å²) in [6, 6.07) is 6.46. The lowest BCUT2D eigenvalue weighted by molar-refractivity contribution is -0.128. The average molecular weight is 276 g/mol. The number of pyridine rings is 1. The highest BCUT2D eigenvalue weighted by molar-refractivity contribution is 5.91. The van der Waals surface area contributed by atoms with E-state index in [2.05, 4.69) is 10.3 Å². The molecule has 4 nitrogen and oxygen atoms in total. The third kappa shape index (κ3) is 2.34. The lowest BCUT2D eigenvalue weighted by Gasteiger charge is -2.40. The maximum absolute atomic E-state index is 13.4. The van der Waals surface area contributed by atoms with Gasteiger partial charge in [-0.2, -0.15) is 0 Å². The Balaban J connectivity index is 1.92. The van der Waals surface area contributed by atoms with Crippen LogP contribution in [-0.2, 0) is 4.74 Å². The zero-order valence-electron chi connectivity index (χ0n) is 11.3. The van der Waals surface area contributed by atoms with Crippen molar-refractivity contribution in [2.75, 3.05) is 31.7 Å². The number of anilines is 1. The summed E-state index contributed by atoms with van der Waals surface area (Å²) in [4.78, 5) is 4.40. The van der Waals surface area contributed by atoms with Crippen molar-refractivity contribution >= 4 is 16.6 Å². The van der Waals surface area contributed by atoms with Gasteiger partial charge in [-0.05, 0) is 31.2 Å². The largest absolute Gasteiger partial charge is 0.396 e. The number of nitrogens with zero attached hydrogens (tertiary/aromatic N) is 1. The fraction of sp³-hybridized carbons (Fsp3) is 0.400. The molecule has 0 spiro atoms. The average Bonchev–Trinajstić information content (AvgIpc) is 2.38. The number of rotatable bonds is 4. The lowest BCUT2D eigenvalue weighted by Crippen LogP contribution is -2.50. The number of nitrogens with one attached hydrogen (secondary N) is 1. The first-order valence-corrected chi connectivity index (χ1v) is 6.61. The molecule has 0 saturated carbocycles. The second-order valence-electron chi connectivity index (χ2n) is 5.48. The highest BCUT2D eigenvalue weighted by Crippen LogP contribution is 2.29. The van der Waals surface area contributed by atoms with Gasteiger partial charge in [-0.25, -0.2) is 4.39 Å². The Morgan fingerprint density at radius 2 is 2.20 bits per heavy atom. The van der Waals surface area contributed by atoms with Crippen molar-refractivity contribution in [2.45, 2.75) is 6.92 Å². The first-order chi connectivity index (χ1) is 9.62. The third-order valence-corrected chi connectivity index (χ3v) is 3.70. The molecule has 0 bridgehead atoms. The Morgan fingerprint density at radius 1 is 1.40 bits per heavy atom. The molecule has 0 atom stereocenters. The summed E-state index contributed by atoms with van der Waals surface area (Å²) in [6.07, 6.45) is 0. The molecule has 2 N–H and O–H groups in total. The number of benzene rings is 1. The molecule has 1 saturated heterocycles. The molecule has 0 amide bonds. The van der Waals surface area contributed by atoms with Gasteiger partial charge in [-0.1, -0.05) is 0 Å². The first kappa shape index (κ1) is 13.3. The Labute approximate surface area is 116 Å². The fourth-order valence-electron chi connectivity index (χ4n) is 2.40. The number of ether oxygens (including phenoxy) is 1. The van der Waals surface area contributed by atoms with Crippen LogP contribution in [0.5, 0.6) is 0 Å². The highest BCUT2D eigenvalue weighted by Gasteiger charge is 2.37. The predicted octanol–water partition coefficient (Wildman–Crippen LogP) is 2.10. The van der Waals surface area contributed by atoms with E-state index in [1.54, 1.807) is 6.07 Å². The molecule has 1 aromatic heterocycles. The summed E-state index contributed by atoms with van der Waals surface area (Å²) in [5, 5.41) is 13.5. The number of aliphatic hydroxyl groups excluding tert-OH is 1. The maximum atomic E-state index is 13.4. The van der Waals surface area contributed by atoms with Crippen LogP contribution in [0.15, 0.2) is 24.3 Å². The first-order valence-electron chi connectivity index (χ1n) is 6.61. The van der Waals surface area contributed by atoms with E-state index in [0.29, 0.717) is 19.8 Å². The van der Waals surface area contributed by atoms with E-state index in [-0.39, 0.29) is 17.8 Å². The van der Waals surface area contributed by atoms with Crippen LogP contribution >= 0.6 is 0 Å². The molecule has 1 aromatic carbocycles. The Bertz CT molecular complexity index is 636. The van der Waals surface area contributed by atoms with Gasteiger partial charge in [0.05, 0.1) is 30.8 Å². The van der Waals surface area contributed by atoms with Gasteiger partial charge >= 0.3 is 0 Å². The summed E-state index contributed by atoms with van der Waals surface area (Å²) in [5.41, 5.74) is 2.25. The molecule has 0 aliphatic carbocycles.